The minimum atomic E-state index is -1.60. The number of halogens is 1. The van der Waals surface area contributed by atoms with Crippen LogP contribution < -0.4 is 10.2 Å². The van der Waals surface area contributed by atoms with Crippen LogP contribution in [0.1, 0.15) is 0 Å². The van der Waals surface area contributed by atoms with Crippen molar-refractivity contribution in [2.24, 2.45) is 0 Å². The Morgan fingerprint density at radius 2 is 2.25 bits per heavy atom. The lowest BCUT2D eigenvalue weighted by molar-refractivity contribution is 0.397. The van der Waals surface area contributed by atoms with Crippen molar-refractivity contribution in [2.45, 2.75) is 0 Å². The van der Waals surface area contributed by atoms with Gasteiger partial charge in [-0.2, -0.15) is 0 Å². The van der Waals surface area contributed by atoms with Gasteiger partial charge in [0.15, 0.2) is 0 Å². The Morgan fingerprint density at radius 3 is 2.67 bits per heavy atom. The molecule has 0 aromatic carbocycles. The predicted molar refractivity (Wildman–Crippen MR) is 45.6 cm³/mol. The maximum Gasteiger partial charge on any atom is 0.491 e. The van der Waals surface area contributed by atoms with E-state index in [1.54, 1.807) is 0 Å². The number of rotatable bonds is 2. The van der Waals surface area contributed by atoms with Crippen molar-refractivity contribution in [1.29, 1.82) is 0 Å². The summed E-state index contributed by atoms with van der Waals surface area (Å²) < 4.78 is 4.77. The van der Waals surface area contributed by atoms with Gasteiger partial charge < -0.3 is 14.8 Å². The van der Waals surface area contributed by atoms with Gasteiger partial charge in [0.2, 0.25) is 5.88 Å². The van der Waals surface area contributed by atoms with Gasteiger partial charge in [0.25, 0.3) is 0 Å². The highest BCUT2D eigenvalue weighted by Gasteiger charge is 2.15. The van der Waals surface area contributed by atoms with E-state index in [1.165, 1.54) is 19.4 Å². The molecule has 0 saturated carbocycles. The molecule has 0 spiro atoms. The van der Waals surface area contributed by atoms with Crippen LogP contribution in [0.3, 0.4) is 0 Å². The summed E-state index contributed by atoms with van der Waals surface area (Å²) in [5, 5.41) is 17.7. The summed E-state index contributed by atoms with van der Waals surface area (Å²) in [7, 11) is -0.149. The summed E-state index contributed by atoms with van der Waals surface area (Å²) in [6.45, 7) is 0. The van der Waals surface area contributed by atoms with E-state index in [-0.39, 0.29) is 10.5 Å². The lowest BCUT2D eigenvalue weighted by Crippen LogP contribution is -2.31. The first-order chi connectivity index (χ1) is 5.65. The molecule has 0 aliphatic carbocycles. The monoisotopic (exact) mass is 187 g/mol. The fraction of sp³-hybridized carbons (Fsp3) is 0.167. The van der Waals surface area contributed by atoms with Crippen molar-refractivity contribution in [3.63, 3.8) is 0 Å². The molecule has 64 valence electrons. The summed E-state index contributed by atoms with van der Waals surface area (Å²) >= 11 is 5.66. The van der Waals surface area contributed by atoms with Crippen LogP contribution in [0.4, 0.5) is 0 Å². The molecule has 0 unspecified atom stereocenters. The number of nitrogens with zero attached hydrogens (tertiary/aromatic N) is 1. The standard InChI is InChI=1S/C6H7BClNO3/c1-12-6-2-5(8)4(3-9-6)7(10)11/h2-3,10-11H,1H3. The molecule has 0 bridgehead atoms. The number of methoxy groups -OCH3 is 1. The van der Waals surface area contributed by atoms with Gasteiger partial charge in [-0.25, -0.2) is 4.98 Å². The van der Waals surface area contributed by atoms with Gasteiger partial charge in [-0.15, -0.1) is 0 Å². The zero-order chi connectivity index (χ0) is 9.14. The Labute approximate surface area is 74.9 Å². The van der Waals surface area contributed by atoms with Crippen LogP contribution in [-0.4, -0.2) is 29.3 Å². The SMILES string of the molecule is COc1cc(Cl)c(B(O)O)cn1. The minimum absolute atomic E-state index is 0.164. The molecule has 1 heterocycles. The normalized spacial score (nSPS) is 9.67. The maximum atomic E-state index is 8.76. The second-order valence-electron chi connectivity index (χ2n) is 2.12. The van der Waals surface area contributed by atoms with E-state index in [1.807, 2.05) is 0 Å². The number of ether oxygens (including phenoxy) is 1. The van der Waals surface area contributed by atoms with Crippen molar-refractivity contribution in [3.8, 4) is 5.88 Å². The highest BCUT2D eigenvalue weighted by Crippen LogP contribution is 2.11. The molecule has 4 nitrogen and oxygen atoms in total. The number of hydrogen-bond acceptors (Lipinski definition) is 4. The van der Waals surface area contributed by atoms with Gasteiger partial charge in [0.05, 0.1) is 7.11 Å². The zero-order valence-electron chi connectivity index (χ0n) is 6.36. The van der Waals surface area contributed by atoms with Crippen LogP contribution in [0.25, 0.3) is 0 Å². The quantitative estimate of drug-likeness (QED) is 0.608. The van der Waals surface area contributed by atoms with Crippen LogP contribution in [-0.2, 0) is 0 Å². The van der Waals surface area contributed by atoms with E-state index in [0.717, 1.165) is 0 Å². The predicted octanol–water partition coefficient (Wildman–Crippen LogP) is -0.577. The third kappa shape index (κ3) is 1.88. The number of pyridine rings is 1. The van der Waals surface area contributed by atoms with Crippen molar-refractivity contribution < 1.29 is 14.8 Å². The Hall–Kier alpha value is -0.775. The molecule has 0 aliphatic rings. The summed E-state index contributed by atoms with van der Waals surface area (Å²) in [5.74, 6) is 0.337. The largest absolute Gasteiger partial charge is 0.491 e. The molecule has 1 aromatic heterocycles. The maximum absolute atomic E-state index is 8.76. The minimum Gasteiger partial charge on any atom is -0.481 e. The average molecular weight is 187 g/mol. The number of aromatic nitrogens is 1. The molecule has 12 heavy (non-hydrogen) atoms. The molecule has 0 radical (unpaired) electrons. The summed E-state index contributed by atoms with van der Waals surface area (Å²) in [4.78, 5) is 3.75. The van der Waals surface area contributed by atoms with Crippen LogP contribution in [0, 0.1) is 0 Å². The molecule has 0 amide bonds. The molecule has 0 saturated heterocycles. The van der Waals surface area contributed by atoms with Crippen LogP contribution in [0.2, 0.25) is 5.02 Å². The van der Waals surface area contributed by atoms with Gasteiger partial charge in [-0.3, -0.25) is 0 Å². The van der Waals surface area contributed by atoms with E-state index in [0.29, 0.717) is 5.88 Å². The Kier molecular flexibility index (Phi) is 2.91. The van der Waals surface area contributed by atoms with Gasteiger partial charge in [-0.1, -0.05) is 11.6 Å². The topological polar surface area (TPSA) is 62.6 Å². The van der Waals surface area contributed by atoms with Gasteiger partial charge in [0, 0.05) is 22.7 Å². The van der Waals surface area contributed by atoms with Crippen molar-refractivity contribution in [1.82, 2.24) is 4.98 Å². The van der Waals surface area contributed by atoms with Gasteiger partial charge in [-0.05, 0) is 0 Å². The van der Waals surface area contributed by atoms with Crippen molar-refractivity contribution in [3.05, 3.63) is 17.3 Å². The first kappa shape index (κ1) is 9.31. The molecule has 0 atom stereocenters. The highest BCUT2D eigenvalue weighted by atomic mass is 35.5. The van der Waals surface area contributed by atoms with Gasteiger partial charge in [0.1, 0.15) is 0 Å². The molecule has 0 aliphatic heterocycles. The Balaban J connectivity index is 3.03. The average Bonchev–Trinajstić information content (AvgIpc) is 2.03. The second-order valence-corrected chi connectivity index (χ2v) is 2.53. The van der Waals surface area contributed by atoms with Crippen molar-refractivity contribution in [2.75, 3.05) is 7.11 Å². The fourth-order valence-corrected chi connectivity index (χ4v) is 0.965. The lowest BCUT2D eigenvalue weighted by Gasteiger charge is -2.03. The van der Waals surface area contributed by atoms with Crippen LogP contribution in [0.5, 0.6) is 5.88 Å². The first-order valence-electron chi connectivity index (χ1n) is 3.20. The molecule has 1 aromatic rings. The lowest BCUT2D eigenvalue weighted by atomic mass is 9.82. The van der Waals surface area contributed by atoms with Gasteiger partial charge >= 0.3 is 7.12 Å². The second kappa shape index (κ2) is 3.75. The fourth-order valence-electron chi connectivity index (χ4n) is 0.725. The third-order valence-corrected chi connectivity index (χ3v) is 1.67. The van der Waals surface area contributed by atoms with E-state index in [2.05, 4.69) is 4.98 Å². The number of hydrogen-bond donors (Lipinski definition) is 2. The highest BCUT2D eigenvalue weighted by molar-refractivity contribution is 6.62. The van der Waals surface area contributed by atoms with E-state index >= 15 is 0 Å². The Morgan fingerprint density at radius 1 is 1.58 bits per heavy atom. The molecule has 2 N–H and O–H groups in total. The molecular formula is C6H7BClNO3. The Bertz CT molecular complexity index is 281. The summed E-state index contributed by atoms with van der Waals surface area (Å²) in [6, 6.07) is 1.41. The van der Waals surface area contributed by atoms with E-state index < -0.39 is 7.12 Å². The molecule has 1 rings (SSSR count). The molecule has 6 heteroatoms. The smallest absolute Gasteiger partial charge is 0.481 e. The first-order valence-corrected chi connectivity index (χ1v) is 3.58. The zero-order valence-corrected chi connectivity index (χ0v) is 7.12. The summed E-state index contributed by atoms with van der Waals surface area (Å²) in [6.07, 6.45) is 1.26. The van der Waals surface area contributed by atoms with E-state index in [9.17, 15) is 0 Å². The van der Waals surface area contributed by atoms with E-state index in [4.69, 9.17) is 26.4 Å². The van der Waals surface area contributed by atoms with Crippen molar-refractivity contribution >= 4 is 24.2 Å². The van der Waals surface area contributed by atoms with Crippen LogP contribution in [0.15, 0.2) is 12.3 Å². The molecular weight excluding hydrogens is 180 g/mol. The van der Waals surface area contributed by atoms with Crippen LogP contribution >= 0.6 is 11.6 Å². The molecule has 0 fully saturated rings. The third-order valence-electron chi connectivity index (χ3n) is 1.34. The summed E-state index contributed by atoms with van der Waals surface area (Å²) in [5.41, 5.74) is 0.164.